The monoisotopic (exact) mass is 548 g/mol. The normalized spacial score (nSPS) is 20.7. The maximum Gasteiger partial charge on any atom is 0.495 e. The highest BCUT2D eigenvalue weighted by Crippen LogP contribution is 2.64. The van der Waals surface area contributed by atoms with Crippen molar-refractivity contribution in [3.8, 4) is 22.3 Å². The van der Waals surface area contributed by atoms with Crippen molar-refractivity contribution in [3.63, 3.8) is 0 Å². The maximum atomic E-state index is 6.64. The molecule has 0 saturated carbocycles. The van der Waals surface area contributed by atoms with E-state index in [0.29, 0.717) is 0 Å². The van der Waals surface area contributed by atoms with Crippen LogP contribution in [-0.2, 0) is 14.7 Å². The minimum absolute atomic E-state index is 0.429. The standard InChI is InChI=1S/C38H33BO3/c1-7-14-25-31(8-2)40-32-22-21-29-34(35(25)32)24-16-10-12-18-27(24)38(29)26-17-11-9-15-23(26)33-28(38)19-13-20-30(33)39-41-36(3,4)37(5,6)42-39/h7-22H,2H2,1,3-6H3/b14-7-. The molecule has 1 aromatic heterocycles. The Kier molecular flexibility index (Phi) is 5.16. The van der Waals surface area contributed by atoms with Crippen LogP contribution in [0.3, 0.4) is 0 Å². The molecule has 2 aliphatic carbocycles. The Hall–Kier alpha value is -4.12. The van der Waals surface area contributed by atoms with E-state index in [4.69, 9.17) is 13.7 Å². The fraction of sp³-hybridized carbons (Fsp3) is 0.211. The Labute approximate surface area is 247 Å². The lowest BCUT2D eigenvalue weighted by Crippen LogP contribution is -2.41. The van der Waals surface area contributed by atoms with Crippen LogP contribution in [-0.4, -0.2) is 18.3 Å². The second-order valence-corrected chi connectivity index (χ2v) is 12.6. The molecule has 3 aliphatic rings. The number of fused-ring (bicyclic) bond motifs is 12. The third-order valence-electron chi connectivity index (χ3n) is 10.1. The average Bonchev–Trinajstić information content (AvgIpc) is 3.65. The predicted molar refractivity (Wildman–Crippen MR) is 173 cm³/mol. The van der Waals surface area contributed by atoms with Crippen LogP contribution in [0.1, 0.15) is 68.2 Å². The summed E-state index contributed by atoms with van der Waals surface area (Å²) in [5.41, 5.74) is 11.7. The van der Waals surface area contributed by atoms with E-state index in [2.05, 4.69) is 125 Å². The Morgan fingerprint density at radius 1 is 0.690 bits per heavy atom. The molecule has 1 saturated heterocycles. The molecule has 0 amide bonds. The summed E-state index contributed by atoms with van der Waals surface area (Å²) >= 11 is 0. The molecule has 4 heteroatoms. The summed E-state index contributed by atoms with van der Waals surface area (Å²) in [5.74, 6) is 0.796. The number of hydrogen-bond acceptors (Lipinski definition) is 3. The molecule has 3 nitrogen and oxygen atoms in total. The van der Waals surface area contributed by atoms with Crippen LogP contribution in [0.5, 0.6) is 0 Å². The molecule has 0 bridgehead atoms. The summed E-state index contributed by atoms with van der Waals surface area (Å²) in [7, 11) is -0.461. The number of furan rings is 1. The van der Waals surface area contributed by atoms with Crippen LogP contribution in [0.2, 0.25) is 0 Å². The fourth-order valence-corrected chi connectivity index (χ4v) is 7.59. The Morgan fingerprint density at radius 2 is 1.29 bits per heavy atom. The quantitative estimate of drug-likeness (QED) is 0.207. The first kappa shape index (κ1) is 25.6. The molecule has 1 fully saturated rings. The molecular weight excluding hydrogens is 515 g/mol. The van der Waals surface area contributed by atoms with Crippen LogP contribution in [0.4, 0.5) is 0 Å². The highest BCUT2D eigenvalue weighted by molar-refractivity contribution is 6.64. The highest BCUT2D eigenvalue weighted by Gasteiger charge is 2.56. The minimum Gasteiger partial charge on any atom is -0.456 e. The van der Waals surface area contributed by atoms with Crippen LogP contribution >= 0.6 is 0 Å². The third kappa shape index (κ3) is 2.99. The van der Waals surface area contributed by atoms with E-state index in [-0.39, 0.29) is 0 Å². The second kappa shape index (κ2) is 8.47. The molecule has 206 valence electrons. The van der Waals surface area contributed by atoms with Gasteiger partial charge in [-0.2, -0.15) is 0 Å². The van der Waals surface area contributed by atoms with Crippen molar-refractivity contribution in [1.82, 2.24) is 0 Å². The predicted octanol–water partition coefficient (Wildman–Crippen LogP) is 8.75. The molecule has 1 spiro atoms. The molecule has 1 atom stereocenters. The van der Waals surface area contributed by atoms with Gasteiger partial charge < -0.3 is 13.7 Å². The average molecular weight is 548 g/mol. The number of rotatable bonds is 3. The Morgan fingerprint density at radius 3 is 1.93 bits per heavy atom. The molecule has 0 radical (unpaired) electrons. The molecule has 5 aromatic rings. The third-order valence-corrected chi connectivity index (χ3v) is 10.1. The summed E-state index contributed by atoms with van der Waals surface area (Å²) in [5, 5.41) is 1.14. The molecule has 0 N–H and O–H groups in total. The van der Waals surface area contributed by atoms with Gasteiger partial charge in [0.2, 0.25) is 0 Å². The van der Waals surface area contributed by atoms with E-state index >= 15 is 0 Å². The molecule has 8 rings (SSSR count). The van der Waals surface area contributed by atoms with Crippen molar-refractivity contribution in [1.29, 1.82) is 0 Å². The number of benzene rings is 4. The number of allylic oxidation sites excluding steroid dienone is 1. The van der Waals surface area contributed by atoms with Gasteiger partial charge >= 0.3 is 7.12 Å². The van der Waals surface area contributed by atoms with Gasteiger partial charge in [0.1, 0.15) is 11.3 Å². The van der Waals surface area contributed by atoms with Crippen LogP contribution < -0.4 is 5.46 Å². The molecule has 1 aliphatic heterocycles. The van der Waals surface area contributed by atoms with E-state index in [1.165, 1.54) is 44.5 Å². The summed E-state index contributed by atoms with van der Waals surface area (Å²) in [6, 6.07) is 28.8. The van der Waals surface area contributed by atoms with Crippen molar-refractivity contribution in [2.45, 2.75) is 51.2 Å². The minimum atomic E-state index is -0.482. The van der Waals surface area contributed by atoms with Crippen molar-refractivity contribution in [3.05, 3.63) is 125 Å². The number of hydrogen-bond donors (Lipinski definition) is 0. The molecule has 42 heavy (non-hydrogen) atoms. The lowest BCUT2D eigenvalue weighted by Gasteiger charge is -2.32. The molecular formula is C38H33BO3. The van der Waals surface area contributed by atoms with Gasteiger partial charge in [-0.15, -0.1) is 0 Å². The molecule has 4 aromatic carbocycles. The zero-order valence-corrected chi connectivity index (χ0v) is 24.7. The topological polar surface area (TPSA) is 31.6 Å². The largest absolute Gasteiger partial charge is 0.495 e. The fourth-order valence-electron chi connectivity index (χ4n) is 7.59. The van der Waals surface area contributed by atoms with Crippen molar-refractivity contribution in [2.24, 2.45) is 0 Å². The van der Waals surface area contributed by atoms with Crippen molar-refractivity contribution < 1.29 is 13.7 Å². The molecule has 1 unspecified atom stereocenters. The van der Waals surface area contributed by atoms with Gasteiger partial charge in [0.25, 0.3) is 0 Å². The smallest absolute Gasteiger partial charge is 0.456 e. The van der Waals surface area contributed by atoms with Gasteiger partial charge in [-0.05, 0) is 96.7 Å². The summed E-state index contributed by atoms with van der Waals surface area (Å²) in [6.45, 7) is 14.6. The summed E-state index contributed by atoms with van der Waals surface area (Å²) < 4.78 is 19.6. The highest BCUT2D eigenvalue weighted by atomic mass is 16.7. The first-order valence-corrected chi connectivity index (χ1v) is 14.8. The van der Waals surface area contributed by atoms with E-state index in [1.807, 2.05) is 13.0 Å². The second-order valence-electron chi connectivity index (χ2n) is 12.6. The van der Waals surface area contributed by atoms with E-state index < -0.39 is 23.7 Å². The SMILES string of the molecule is C=Cc1oc2ccc3c(c2c1/C=C\C)-c1ccccc1C31c2ccccc2-c2c(B3OC(C)(C)C(C)(C)O3)cccc21. The first-order valence-electron chi connectivity index (χ1n) is 14.8. The van der Waals surface area contributed by atoms with Gasteiger partial charge in [-0.1, -0.05) is 91.5 Å². The zero-order chi connectivity index (χ0) is 29.0. The van der Waals surface area contributed by atoms with E-state index in [9.17, 15) is 0 Å². The molecule has 2 heterocycles. The zero-order valence-electron chi connectivity index (χ0n) is 24.7. The maximum absolute atomic E-state index is 6.64. The van der Waals surface area contributed by atoms with Crippen LogP contribution in [0, 0.1) is 0 Å². The summed E-state index contributed by atoms with van der Waals surface area (Å²) in [4.78, 5) is 0. The van der Waals surface area contributed by atoms with Crippen LogP contribution in [0.25, 0.3) is 45.4 Å². The van der Waals surface area contributed by atoms with Gasteiger partial charge in [0.05, 0.1) is 16.6 Å². The first-order chi connectivity index (χ1) is 20.2. The lowest BCUT2D eigenvalue weighted by atomic mass is 9.68. The van der Waals surface area contributed by atoms with Gasteiger partial charge in [-0.3, -0.25) is 0 Å². The van der Waals surface area contributed by atoms with Gasteiger partial charge in [-0.25, -0.2) is 0 Å². The summed E-state index contributed by atoms with van der Waals surface area (Å²) in [6.07, 6.45) is 6.03. The van der Waals surface area contributed by atoms with E-state index in [1.54, 1.807) is 0 Å². The van der Waals surface area contributed by atoms with Crippen molar-refractivity contribution in [2.75, 3.05) is 0 Å². The van der Waals surface area contributed by atoms with Gasteiger partial charge in [0.15, 0.2) is 0 Å². The Bertz CT molecular complexity index is 1980. The van der Waals surface area contributed by atoms with E-state index in [0.717, 1.165) is 27.8 Å². The Balaban J connectivity index is 1.50. The van der Waals surface area contributed by atoms with Gasteiger partial charge in [0, 0.05) is 10.9 Å². The lowest BCUT2D eigenvalue weighted by molar-refractivity contribution is 0.00578. The van der Waals surface area contributed by atoms with Crippen LogP contribution in [0.15, 0.2) is 95.9 Å². The van der Waals surface area contributed by atoms with Crippen molar-refractivity contribution >= 4 is 35.7 Å².